The number of nitrogens with zero attached hydrogens (tertiary/aromatic N) is 5. The molecule has 6 rings (SSSR count). The summed E-state index contributed by atoms with van der Waals surface area (Å²) in [7, 11) is 0. The summed E-state index contributed by atoms with van der Waals surface area (Å²) in [5.41, 5.74) is 12.7. The number of hydrogen-bond donors (Lipinski definition) is 4. The van der Waals surface area contributed by atoms with Crippen LogP contribution in [0.1, 0.15) is 57.6 Å². The Morgan fingerprint density at radius 3 is 2.34 bits per heavy atom. The van der Waals surface area contributed by atoms with Crippen molar-refractivity contribution < 1.29 is 19.1 Å². The zero-order valence-electron chi connectivity index (χ0n) is 28.8. The molecule has 2 heterocycles. The Labute approximate surface area is 290 Å². The highest BCUT2D eigenvalue weighted by Gasteiger charge is 2.36. The van der Waals surface area contributed by atoms with Gasteiger partial charge in [-0.15, -0.1) is 10.2 Å². The third-order valence-corrected chi connectivity index (χ3v) is 9.22. The number of alkyl carbamates (subject to hydrolysis) is 1. The number of nitrogens with two attached hydrogens (primary N) is 1. The van der Waals surface area contributed by atoms with Crippen molar-refractivity contribution in [3.63, 3.8) is 0 Å². The fourth-order valence-corrected chi connectivity index (χ4v) is 6.63. The minimum atomic E-state index is -0.932. The standard InChI is InChI=1S/C37H43N9O4/c1-22-17-30-31(41-21-40-30)19-29(22)25-9-5-23(6-10-25)18-32(33(38)47)46(28-15-13-26(14-16-28)34-42-44-45-43-34)35(48)27-11-7-24(8-12-27)20-39-36(49)50-37(2,3)4/h5-6,9-10,13-17,19,21,24,27,32H,7-8,11-12,18,20H2,1-4H3,(H2,38,47)(H,39,49)(H,40,41)(H,42,43,44,45)/t24?,27?,32-/m0/s1. The zero-order chi connectivity index (χ0) is 35.4. The van der Waals surface area contributed by atoms with Gasteiger partial charge in [0.2, 0.25) is 17.6 Å². The van der Waals surface area contributed by atoms with Crippen molar-refractivity contribution in [2.24, 2.45) is 17.6 Å². The molecule has 1 aliphatic rings. The number of aromatic amines is 2. The molecule has 5 aromatic rings. The number of ether oxygens (including phenoxy) is 1. The van der Waals surface area contributed by atoms with Crippen molar-refractivity contribution >= 4 is 34.6 Å². The van der Waals surface area contributed by atoms with Crippen molar-refractivity contribution in [2.75, 3.05) is 11.4 Å². The van der Waals surface area contributed by atoms with Gasteiger partial charge in [0.25, 0.3) is 0 Å². The van der Waals surface area contributed by atoms with Crippen LogP contribution in [-0.2, 0) is 20.7 Å². The van der Waals surface area contributed by atoms with Crippen molar-refractivity contribution in [1.82, 2.24) is 35.9 Å². The highest BCUT2D eigenvalue weighted by Crippen LogP contribution is 2.34. The predicted octanol–water partition coefficient (Wildman–Crippen LogP) is 5.48. The maximum atomic E-state index is 14.4. The van der Waals surface area contributed by atoms with Gasteiger partial charge in [0, 0.05) is 30.1 Å². The maximum absolute atomic E-state index is 14.4. The molecule has 50 heavy (non-hydrogen) atoms. The largest absolute Gasteiger partial charge is 0.444 e. The van der Waals surface area contributed by atoms with Gasteiger partial charge in [-0.05, 0) is 123 Å². The van der Waals surface area contributed by atoms with Gasteiger partial charge >= 0.3 is 6.09 Å². The lowest BCUT2D eigenvalue weighted by atomic mass is 9.81. The molecule has 0 bridgehead atoms. The van der Waals surface area contributed by atoms with Crippen LogP contribution < -0.4 is 16.0 Å². The molecule has 5 N–H and O–H groups in total. The summed E-state index contributed by atoms with van der Waals surface area (Å²) in [5.74, 6) is -0.425. The third-order valence-electron chi connectivity index (χ3n) is 9.22. The number of imidazole rings is 1. The quantitative estimate of drug-likeness (QED) is 0.150. The van der Waals surface area contributed by atoms with Crippen LogP contribution in [0.4, 0.5) is 10.5 Å². The van der Waals surface area contributed by atoms with E-state index in [0.29, 0.717) is 36.5 Å². The van der Waals surface area contributed by atoms with Crippen LogP contribution in [0.2, 0.25) is 0 Å². The fraction of sp³-hybridized carbons (Fsp3) is 0.378. The Morgan fingerprint density at radius 1 is 1.00 bits per heavy atom. The summed E-state index contributed by atoms with van der Waals surface area (Å²) < 4.78 is 5.37. The molecular formula is C37H43N9O4. The number of primary amides is 1. The molecule has 0 unspecified atom stereocenters. The number of carbonyl (C=O) groups excluding carboxylic acids is 3. The number of aromatic nitrogens is 6. The van der Waals surface area contributed by atoms with Gasteiger partial charge in [-0.2, -0.15) is 5.21 Å². The van der Waals surface area contributed by atoms with E-state index in [2.05, 4.69) is 55.0 Å². The molecule has 2 aromatic heterocycles. The van der Waals surface area contributed by atoms with E-state index in [4.69, 9.17) is 10.5 Å². The molecule has 1 aliphatic carbocycles. The van der Waals surface area contributed by atoms with Gasteiger partial charge < -0.3 is 20.8 Å². The summed E-state index contributed by atoms with van der Waals surface area (Å²) in [4.78, 5) is 49.0. The molecule has 1 fully saturated rings. The van der Waals surface area contributed by atoms with Crippen LogP contribution in [0.25, 0.3) is 33.5 Å². The molecule has 3 aromatic carbocycles. The molecule has 13 nitrogen and oxygen atoms in total. The van der Waals surface area contributed by atoms with Gasteiger partial charge in [-0.1, -0.05) is 24.3 Å². The number of anilines is 1. The maximum Gasteiger partial charge on any atom is 0.407 e. The first-order chi connectivity index (χ1) is 23.9. The van der Waals surface area contributed by atoms with Gasteiger partial charge in [0.05, 0.1) is 17.4 Å². The first-order valence-corrected chi connectivity index (χ1v) is 16.9. The number of hydrogen-bond acceptors (Lipinski definition) is 8. The van der Waals surface area contributed by atoms with E-state index < -0.39 is 23.6 Å². The number of H-pyrrole nitrogens is 2. The van der Waals surface area contributed by atoms with Gasteiger partial charge in [0.1, 0.15) is 11.6 Å². The second-order valence-electron chi connectivity index (χ2n) is 14.0. The summed E-state index contributed by atoms with van der Waals surface area (Å²) in [6.07, 6.45) is 4.22. The lowest BCUT2D eigenvalue weighted by Crippen LogP contribution is -2.52. The van der Waals surface area contributed by atoms with Crippen LogP contribution in [0.5, 0.6) is 0 Å². The summed E-state index contributed by atoms with van der Waals surface area (Å²) in [5, 5.41) is 17.0. The van der Waals surface area contributed by atoms with Crippen LogP contribution in [-0.4, -0.2) is 66.7 Å². The number of nitrogens with one attached hydrogen (secondary N) is 3. The Morgan fingerprint density at radius 2 is 1.70 bits per heavy atom. The van der Waals surface area contributed by atoms with E-state index in [9.17, 15) is 14.4 Å². The Balaban J connectivity index is 1.21. The number of carbonyl (C=O) groups is 3. The van der Waals surface area contributed by atoms with E-state index >= 15 is 0 Å². The smallest absolute Gasteiger partial charge is 0.407 e. The number of benzene rings is 3. The van der Waals surface area contributed by atoms with Crippen molar-refractivity contribution in [3.8, 4) is 22.5 Å². The van der Waals surface area contributed by atoms with E-state index in [1.807, 2.05) is 45.0 Å². The van der Waals surface area contributed by atoms with Crippen LogP contribution in [0.15, 0.2) is 67.0 Å². The molecule has 260 valence electrons. The Bertz CT molecular complexity index is 1940. The number of tetrazole rings is 1. The lowest BCUT2D eigenvalue weighted by Gasteiger charge is -2.36. The number of amides is 3. The average Bonchev–Trinajstić information content (AvgIpc) is 3.79. The van der Waals surface area contributed by atoms with Gasteiger partial charge in [-0.3, -0.25) is 14.5 Å². The highest BCUT2D eigenvalue weighted by atomic mass is 16.6. The minimum absolute atomic E-state index is 0.154. The third kappa shape index (κ3) is 7.99. The normalized spacial score (nSPS) is 16.9. The highest BCUT2D eigenvalue weighted by molar-refractivity contribution is 6.02. The molecule has 0 radical (unpaired) electrons. The van der Waals surface area contributed by atoms with Crippen LogP contribution >= 0.6 is 0 Å². The molecule has 1 saturated carbocycles. The van der Waals surface area contributed by atoms with Crippen molar-refractivity contribution in [1.29, 1.82) is 0 Å². The molecule has 3 amide bonds. The summed E-state index contributed by atoms with van der Waals surface area (Å²) in [6, 6.07) is 18.4. The average molecular weight is 678 g/mol. The van der Waals surface area contributed by atoms with Crippen molar-refractivity contribution in [2.45, 2.75) is 71.4 Å². The van der Waals surface area contributed by atoms with Gasteiger partial charge in [-0.25, -0.2) is 9.78 Å². The van der Waals surface area contributed by atoms with Crippen molar-refractivity contribution in [3.05, 3.63) is 78.1 Å². The second kappa shape index (κ2) is 14.5. The topological polar surface area (TPSA) is 185 Å². The first kappa shape index (κ1) is 34.3. The molecular weight excluding hydrogens is 634 g/mol. The molecule has 0 aliphatic heterocycles. The molecule has 13 heteroatoms. The van der Waals surface area contributed by atoms with Gasteiger partial charge in [0.15, 0.2) is 0 Å². The van der Waals surface area contributed by atoms with E-state index in [0.717, 1.165) is 46.1 Å². The number of aryl methyl sites for hydroxylation is 1. The summed E-state index contributed by atoms with van der Waals surface area (Å²) in [6.45, 7) is 8.02. The van der Waals surface area contributed by atoms with E-state index in [1.165, 1.54) is 0 Å². The predicted molar refractivity (Wildman–Crippen MR) is 190 cm³/mol. The molecule has 0 saturated heterocycles. The summed E-state index contributed by atoms with van der Waals surface area (Å²) >= 11 is 0. The fourth-order valence-electron chi connectivity index (χ4n) is 6.63. The first-order valence-electron chi connectivity index (χ1n) is 16.9. The Kier molecular flexibility index (Phi) is 9.93. The molecule has 0 spiro atoms. The number of fused-ring (bicyclic) bond motifs is 1. The number of rotatable bonds is 10. The zero-order valence-corrected chi connectivity index (χ0v) is 28.8. The monoisotopic (exact) mass is 677 g/mol. The molecule has 1 atom stereocenters. The van der Waals surface area contributed by atoms with Crippen LogP contribution in [0, 0.1) is 18.8 Å². The second-order valence-corrected chi connectivity index (χ2v) is 14.0. The lowest BCUT2D eigenvalue weighted by molar-refractivity contribution is -0.127. The minimum Gasteiger partial charge on any atom is -0.444 e. The van der Waals surface area contributed by atoms with E-state index in [-0.39, 0.29) is 24.2 Å². The SMILES string of the molecule is Cc1cc2[nH]cnc2cc1-c1ccc(C[C@@H](C(N)=O)N(C(=O)C2CCC(CNC(=O)OC(C)(C)C)CC2)c2ccc(-c3nn[nH]n3)cc2)cc1. The van der Waals surface area contributed by atoms with E-state index in [1.54, 1.807) is 35.5 Å². The Hall–Kier alpha value is -5.59. The van der Waals surface area contributed by atoms with Crippen LogP contribution in [0.3, 0.4) is 0 Å².